The summed E-state index contributed by atoms with van der Waals surface area (Å²) in [6.07, 6.45) is 1.93. The third-order valence-electron chi connectivity index (χ3n) is 4.22. The molecule has 1 heterocycles. The van der Waals surface area contributed by atoms with Crippen molar-refractivity contribution in [3.63, 3.8) is 0 Å². The Morgan fingerprint density at radius 3 is 2.54 bits per heavy atom. The monoisotopic (exact) mass is 352 g/mol. The molecular weight excluding hydrogens is 334 g/mol. The van der Waals surface area contributed by atoms with Crippen molar-refractivity contribution in [3.05, 3.63) is 46.7 Å². The molecule has 1 fully saturated rings. The van der Waals surface area contributed by atoms with Gasteiger partial charge < -0.3 is 15.0 Å². The zero-order valence-electron chi connectivity index (χ0n) is 13.4. The van der Waals surface area contributed by atoms with Gasteiger partial charge >= 0.3 is 5.97 Å². The Hall–Kier alpha value is -2.02. The molecule has 0 bridgehead atoms. The van der Waals surface area contributed by atoms with Crippen LogP contribution in [0.25, 0.3) is 0 Å². The zero-order valence-corrected chi connectivity index (χ0v) is 14.3. The van der Waals surface area contributed by atoms with Gasteiger partial charge in [-0.2, -0.15) is 0 Å². The second kappa shape index (κ2) is 6.47. The maximum atomic E-state index is 14.3. The number of hydrogen-bond acceptors (Lipinski definition) is 3. The highest BCUT2D eigenvalue weighted by Gasteiger charge is 2.42. The normalized spacial score (nSPS) is 20.9. The van der Waals surface area contributed by atoms with Gasteiger partial charge in [0.2, 0.25) is 0 Å². The Morgan fingerprint density at radius 1 is 1.38 bits per heavy atom. The molecule has 0 unspecified atom stereocenters. The number of benzene rings is 1. The zero-order chi connectivity index (χ0) is 17.4. The second-order valence-corrected chi connectivity index (χ2v) is 6.23. The molecule has 1 atom stereocenters. The van der Waals surface area contributed by atoms with Crippen molar-refractivity contribution < 1.29 is 18.3 Å². The van der Waals surface area contributed by atoms with Crippen LogP contribution in [0.5, 0.6) is 0 Å². The van der Waals surface area contributed by atoms with E-state index in [1.165, 1.54) is 6.07 Å². The fourth-order valence-electron chi connectivity index (χ4n) is 3.01. The molecule has 128 valence electrons. The number of carbonyl (C=O) groups excluding carboxylic acids is 1. The number of nitrogens with zero attached hydrogens (tertiary/aromatic N) is 1. The number of thiocarbonyl (C=S) groups is 1. The number of hydrogen-bond donors (Lipinski definition) is 1. The van der Waals surface area contributed by atoms with E-state index in [-0.39, 0.29) is 23.8 Å². The van der Waals surface area contributed by atoms with E-state index >= 15 is 0 Å². The molecule has 0 amide bonds. The fourth-order valence-corrected chi connectivity index (χ4v) is 3.41. The molecule has 4 nitrogen and oxygen atoms in total. The first-order valence-corrected chi connectivity index (χ1v) is 8.28. The van der Waals surface area contributed by atoms with Crippen molar-refractivity contribution in [2.75, 3.05) is 6.61 Å². The molecule has 2 aliphatic rings. The number of ether oxygens (including phenoxy) is 1. The van der Waals surface area contributed by atoms with E-state index < -0.39 is 23.6 Å². The van der Waals surface area contributed by atoms with Crippen LogP contribution in [0.1, 0.15) is 38.3 Å². The highest BCUT2D eigenvalue weighted by molar-refractivity contribution is 7.80. The minimum Gasteiger partial charge on any atom is -0.463 e. The van der Waals surface area contributed by atoms with Gasteiger partial charge in [-0.3, -0.25) is 0 Å². The standard InChI is InChI=1S/C17H18F2N2O2S/c1-3-23-16(22)13-9(2)21(10-7-8-10)17(24)20-15(13)14-11(18)5-4-6-12(14)19/h4-6,10,15H,3,7-8H2,1-2H3,(H,20,24)/t15-/m0/s1. The fraction of sp³-hybridized carbons (Fsp3) is 0.412. The van der Waals surface area contributed by atoms with Crippen molar-refractivity contribution in [1.82, 2.24) is 10.2 Å². The molecule has 1 saturated carbocycles. The number of carbonyl (C=O) groups is 1. The van der Waals surface area contributed by atoms with E-state index in [1.54, 1.807) is 13.8 Å². The van der Waals surface area contributed by atoms with E-state index in [1.807, 2.05) is 4.90 Å². The smallest absolute Gasteiger partial charge is 0.338 e. The second-order valence-electron chi connectivity index (χ2n) is 5.84. The van der Waals surface area contributed by atoms with Gasteiger partial charge in [-0.1, -0.05) is 6.07 Å². The molecule has 0 aromatic heterocycles. The quantitative estimate of drug-likeness (QED) is 0.666. The molecule has 0 spiro atoms. The van der Waals surface area contributed by atoms with Gasteiger partial charge in [0.15, 0.2) is 5.11 Å². The third kappa shape index (κ3) is 2.88. The maximum Gasteiger partial charge on any atom is 0.338 e. The SMILES string of the molecule is CCOC(=O)C1=C(C)N(C2CC2)C(=S)N[C@@H]1c1c(F)cccc1F. The van der Waals surface area contributed by atoms with Crippen LogP contribution in [-0.2, 0) is 9.53 Å². The van der Waals surface area contributed by atoms with Gasteiger partial charge in [-0.25, -0.2) is 13.6 Å². The number of esters is 1. The van der Waals surface area contributed by atoms with Crippen LogP contribution < -0.4 is 5.32 Å². The summed E-state index contributed by atoms with van der Waals surface area (Å²) in [6, 6.07) is 2.82. The predicted molar refractivity (Wildman–Crippen MR) is 89.0 cm³/mol. The lowest BCUT2D eigenvalue weighted by Crippen LogP contribution is -2.49. The van der Waals surface area contributed by atoms with Gasteiger partial charge in [0.25, 0.3) is 0 Å². The first-order valence-electron chi connectivity index (χ1n) is 7.87. The number of halogens is 2. The minimum absolute atomic E-state index is 0.177. The molecule has 1 aliphatic heterocycles. The summed E-state index contributed by atoms with van der Waals surface area (Å²) in [5.41, 5.74) is 0.561. The Kier molecular flexibility index (Phi) is 4.54. The molecule has 1 aromatic rings. The first kappa shape index (κ1) is 16.8. The van der Waals surface area contributed by atoms with E-state index in [2.05, 4.69) is 5.32 Å². The van der Waals surface area contributed by atoms with Crippen LogP contribution >= 0.6 is 12.2 Å². The topological polar surface area (TPSA) is 41.6 Å². The molecule has 7 heteroatoms. The predicted octanol–water partition coefficient (Wildman–Crippen LogP) is 3.20. The summed E-state index contributed by atoms with van der Waals surface area (Å²) >= 11 is 5.37. The highest BCUT2D eigenvalue weighted by Crippen LogP contribution is 2.39. The molecule has 1 N–H and O–H groups in total. The lowest BCUT2D eigenvalue weighted by atomic mass is 9.94. The van der Waals surface area contributed by atoms with Crippen molar-refractivity contribution in [2.45, 2.75) is 38.8 Å². The van der Waals surface area contributed by atoms with Crippen LogP contribution in [0.4, 0.5) is 8.78 Å². The highest BCUT2D eigenvalue weighted by atomic mass is 32.1. The van der Waals surface area contributed by atoms with Crippen LogP contribution in [-0.4, -0.2) is 28.6 Å². The molecule has 3 rings (SSSR count). The first-order chi connectivity index (χ1) is 11.5. The largest absolute Gasteiger partial charge is 0.463 e. The molecule has 1 aromatic carbocycles. The molecule has 0 saturated heterocycles. The van der Waals surface area contributed by atoms with Gasteiger partial charge in [-0.15, -0.1) is 0 Å². The van der Waals surface area contributed by atoms with E-state index in [9.17, 15) is 13.6 Å². The summed E-state index contributed by atoms with van der Waals surface area (Å²) in [5.74, 6) is -2.06. The van der Waals surface area contributed by atoms with Gasteiger partial charge in [-0.05, 0) is 51.0 Å². The Labute approximate surface area is 144 Å². The third-order valence-corrected chi connectivity index (χ3v) is 4.54. The molecule has 1 aliphatic carbocycles. The van der Waals surface area contributed by atoms with Gasteiger partial charge in [0.1, 0.15) is 11.6 Å². The molecule has 24 heavy (non-hydrogen) atoms. The summed E-state index contributed by atoms with van der Waals surface area (Å²) in [7, 11) is 0. The Bertz CT molecular complexity index is 711. The van der Waals surface area contributed by atoms with Gasteiger partial charge in [0.05, 0.1) is 23.8 Å². The Balaban J connectivity index is 2.13. The average Bonchev–Trinajstić information content (AvgIpc) is 3.31. The number of nitrogens with one attached hydrogen (secondary N) is 1. The van der Waals surface area contributed by atoms with Crippen molar-refractivity contribution in [3.8, 4) is 0 Å². The molecular formula is C17H18F2N2O2S. The lowest BCUT2D eigenvalue weighted by molar-refractivity contribution is -0.139. The van der Waals surface area contributed by atoms with Crippen molar-refractivity contribution in [1.29, 1.82) is 0 Å². The summed E-state index contributed by atoms with van der Waals surface area (Å²) in [5, 5.41) is 3.30. The van der Waals surface area contributed by atoms with Crippen LogP contribution in [0.2, 0.25) is 0 Å². The van der Waals surface area contributed by atoms with E-state index in [0.29, 0.717) is 10.8 Å². The van der Waals surface area contributed by atoms with Crippen LogP contribution in [0.15, 0.2) is 29.5 Å². The van der Waals surface area contributed by atoms with Crippen molar-refractivity contribution >= 4 is 23.3 Å². The summed E-state index contributed by atoms with van der Waals surface area (Å²) in [4.78, 5) is 14.3. The number of allylic oxidation sites excluding steroid dienone is 1. The van der Waals surface area contributed by atoms with Crippen molar-refractivity contribution in [2.24, 2.45) is 0 Å². The van der Waals surface area contributed by atoms with Crippen LogP contribution in [0, 0.1) is 11.6 Å². The van der Waals surface area contributed by atoms with E-state index in [4.69, 9.17) is 17.0 Å². The maximum absolute atomic E-state index is 14.3. The molecule has 0 radical (unpaired) electrons. The van der Waals surface area contributed by atoms with E-state index in [0.717, 1.165) is 25.0 Å². The minimum atomic E-state index is -1.01. The average molecular weight is 352 g/mol. The van der Waals surface area contributed by atoms with Crippen LogP contribution in [0.3, 0.4) is 0 Å². The summed E-state index contributed by atoms with van der Waals surface area (Å²) < 4.78 is 33.7. The summed E-state index contributed by atoms with van der Waals surface area (Å²) in [6.45, 7) is 3.60. The number of rotatable bonds is 4. The van der Waals surface area contributed by atoms with Gasteiger partial charge in [0, 0.05) is 11.7 Å². The lowest BCUT2D eigenvalue weighted by Gasteiger charge is -2.37. The Morgan fingerprint density at radius 2 is 2.00 bits per heavy atom.